The van der Waals surface area contributed by atoms with Gasteiger partial charge in [0.15, 0.2) is 0 Å². The smallest absolute Gasteiger partial charge is 0.240 e. The third-order valence-corrected chi connectivity index (χ3v) is 4.16. The Bertz CT molecular complexity index is 748. The van der Waals surface area contributed by atoms with Gasteiger partial charge >= 0.3 is 0 Å². The van der Waals surface area contributed by atoms with E-state index >= 15 is 0 Å². The number of carbonyl (C=O) groups excluding carboxylic acids is 2. The first-order chi connectivity index (χ1) is 10.1. The number of hydrogen-bond acceptors (Lipinski definition) is 3. The van der Waals surface area contributed by atoms with Crippen molar-refractivity contribution in [1.29, 1.82) is 0 Å². The van der Waals surface area contributed by atoms with E-state index in [9.17, 15) is 18.4 Å². The van der Waals surface area contributed by atoms with Crippen molar-refractivity contribution in [2.24, 2.45) is 0 Å². The minimum absolute atomic E-state index is 0.149. The summed E-state index contributed by atoms with van der Waals surface area (Å²) in [5.74, 6) is -3.21. The van der Waals surface area contributed by atoms with Crippen molar-refractivity contribution in [2.45, 2.75) is 10.8 Å². The molecule has 1 atom stereocenters. The van der Waals surface area contributed by atoms with Crippen LogP contribution in [0.25, 0.3) is 0 Å². The molecule has 0 fully saturated rings. The molecule has 3 rings (SSSR count). The first-order valence-corrected chi connectivity index (χ1v) is 6.94. The van der Waals surface area contributed by atoms with Crippen LogP contribution in [-0.2, 0) is 9.59 Å². The van der Waals surface area contributed by atoms with Gasteiger partial charge < -0.3 is 5.32 Å². The van der Waals surface area contributed by atoms with Crippen LogP contribution in [0, 0.1) is 11.6 Å². The molecule has 2 aromatic rings. The molecule has 1 heterocycles. The predicted molar refractivity (Wildman–Crippen MR) is 75.0 cm³/mol. The van der Waals surface area contributed by atoms with Gasteiger partial charge in [-0.25, -0.2) is 8.78 Å². The fourth-order valence-corrected chi connectivity index (χ4v) is 3.17. The Balaban J connectivity index is 1.87. The number of amides is 1. The number of benzene rings is 2. The van der Waals surface area contributed by atoms with Crippen LogP contribution in [0.2, 0.25) is 0 Å². The second kappa shape index (κ2) is 5.29. The van der Waals surface area contributed by atoms with E-state index in [4.69, 9.17) is 0 Å². The zero-order chi connectivity index (χ0) is 15.0. The van der Waals surface area contributed by atoms with E-state index in [1.165, 1.54) is 0 Å². The Morgan fingerprint density at radius 1 is 1.14 bits per heavy atom. The van der Waals surface area contributed by atoms with Crippen LogP contribution in [-0.4, -0.2) is 11.0 Å². The van der Waals surface area contributed by atoms with Crippen LogP contribution in [0.4, 0.5) is 14.5 Å². The zero-order valence-corrected chi connectivity index (χ0v) is 11.4. The minimum Gasteiger partial charge on any atom is -0.323 e. The molecule has 0 bridgehead atoms. The fraction of sp³-hybridized carbons (Fsp3) is 0.0667. The highest BCUT2D eigenvalue weighted by molar-refractivity contribution is 8.14. The lowest BCUT2D eigenvalue weighted by Crippen LogP contribution is -2.24. The monoisotopic (exact) mass is 305 g/mol. The number of fused-ring (bicyclic) bond motifs is 1. The van der Waals surface area contributed by atoms with Crippen LogP contribution in [0.1, 0.15) is 11.5 Å². The molecule has 0 aromatic heterocycles. The maximum Gasteiger partial charge on any atom is 0.240 e. The fourth-order valence-electron chi connectivity index (χ4n) is 2.15. The SMILES string of the molecule is O=C(Nc1ccc(F)cc1F)C1C(=O)Sc2ccccc21. The second-order valence-corrected chi connectivity index (χ2v) is 5.55. The number of thioether (sulfide) groups is 1. The number of carbonyl (C=O) groups is 2. The van der Waals surface area contributed by atoms with Gasteiger partial charge in [0.1, 0.15) is 17.6 Å². The van der Waals surface area contributed by atoms with Crippen LogP contribution >= 0.6 is 11.8 Å². The van der Waals surface area contributed by atoms with Crippen molar-refractivity contribution in [2.75, 3.05) is 5.32 Å². The van der Waals surface area contributed by atoms with E-state index < -0.39 is 23.5 Å². The van der Waals surface area contributed by atoms with Gasteiger partial charge in [0.25, 0.3) is 0 Å². The maximum atomic E-state index is 13.5. The van der Waals surface area contributed by atoms with Crippen molar-refractivity contribution in [1.82, 2.24) is 0 Å². The number of rotatable bonds is 2. The van der Waals surface area contributed by atoms with Gasteiger partial charge in [-0.2, -0.15) is 0 Å². The average molecular weight is 305 g/mol. The van der Waals surface area contributed by atoms with Crippen molar-refractivity contribution in [3.05, 3.63) is 59.7 Å². The average Bonchev–Trinajstić information content (AvgIpc) is 2.77. The molecule has 2 aromatic carbocycles. The van der Waals surface area contributed by atoms with E-state index in [2.05, 4.69) is 5.32 Å². The van der Waals surface area contributed by atoms with Crippen LogP contribution in [0.3, 0.4) is 0 Å². The van der Waals surface area contributed by atoms with Crippen molar-refractivity contribution in [3.63, 3.8) is 0 Å². The van der Waals surface area contributed by atoms with Gasteiger partial charge in [0.05, 0.1) is 5.69 Å². The molecule has 0 radical (unpaired) electrons. The molecule has 106 valence electrons. The normalized spacial score (nSPS) is 16.7. The summed E-state index contributed by atoms with van der Waals surface area (Å²) in [6.07, 6.45) is 0. The molecule has 3 nitrogen and oxygen atoms in total. The summed E-state index contributed by atoms with van der Waals surface area (Å²) >= 11 is 0.991. The standard InChI is InChI=1S/C15H9F2NO2S/c16-8-5-6-11(10(17)7-8)18-14(19)13-9-3-1-2-4-12(9)21-15(13)20/h1-7,13H,(H,18,19). The Morgan fingerprint density at radius 2 is 1.90 bits per heavy atom. The number of nitrogens with one attached hydrogen (secondary N) is 1. The highest BCUT2D eigenvalue weighted by atomic mass is 32.2. The first-order valence-electron chi connectivity index (χ1n) is 6.13. The summed E-state index contributed by atoms with van der Waals surface area (Å²) in [5, 5.41) is 2.03. The Hall–Kier alpha value is -2.21. The van der Waals surface area contributed by atoms with Gasteiger partial charge in [-0.15, -0.1) is 0 Å². The molecule has 0 saturated carbocycles. The highest BCUT2D eigenvalue weighted by Crippen LogP contribution is 2.41. The molecule has 0 spiro atoms. The summed E-state index contributed by atoms with van der Waals surface area (Å²) < 4.78 is 26.4. The van der Waals surface area contributed by atoms with Gasteiger partial charge in [0, 0.05) is 11.0 Å². The number of anilines is 1. The molecular weight excluding hydrogens is 296 g/mol. The Labute approximate surface area is 123 Å². The van der Waals surface area contributed by atoms with Gasteiger partial charge in [-0.3, -0.25) is 9.59 Å². The Morgan fingerprint density at radius 3 is 2.67 bits per heavy atom. The third-order valence-electron chi connectivity index (χ3n) is 3.13. The summed E-state index contributed by atoms with van der Waals surface area (Å²) in [6, 6.07) is 9.80. The Kier molecular flexibility index (Phi) is 3.47. The lowest BCUT2D eigenvalue weighted by Gasteiger charge is -2.11. The molecule has 1 amide bonds. The zero-order valence-electron chi connectivity index (χ0n) is 10.6. The first kappa shape index (κ1) is 13.8. The topological polar surface area (TPSA) is 46.2 Å². The lowest BCUT2D eigenvalue weighted by molar-refractivity contribution is -0.123. The molecule has 1 aliphatic rings. The van der Waals surface area contributed by atoms with E-state index in [1.807, 2.05) is 0 Å². The van der Waals surface area contributed by atoms with Crippen molar-refractivity contribution >= 4 is 28.5 Å². The number of hydrogen-bond donors (Lipinski definition) is 1. The summed E-state index contributed by atoms with van der Waals surface area (Å²) in [4.78, 5) is 24.9. The van der Waals surface area contributed by atoms with E-state index in [1.54, 1.807) is 24.3 Å². The maximum absolute atomic E-state index is 13.5. The molecule has 1 aliphatic heterocycles. The molecule has 21 heavy (non-hydrogen) atoms. The largest absolute Gasteiger partial charge is 0.323 e. The molecular formula is C15H9F2NO2S. The molecule has 1 N–H and O–H groups in total. The van der Waals surface area contributed by atoms with E-state index in [0.717, 1.165) is 28.8 Å². The van der Waals surface area contributed by atoms with Gasteiger partial charge in [0.2, 0.25) is 11.0 Å². The lowest BCUT2D eigenvalue weighted by atomic mass is 10.00. The van der Waals surface area contributed by atoms with E-state index in [0.29, 0.717) is 11.6 Å². The highest BCUT2D eigenvalue weighted by Gasteiger charge is 2.37. The summed E-state index contributed by atoms with van der Waals surface area (Å²) in [6.45, 7) is 0. The molecule has 0 aliphatic carbocycles. The van der Waals surface area contributed by atoms with Crippen LogP contribution in [0.15, 0.2) is 47.4 Å². The van der Waals surface area contributed by atoms with Crippen LogP contribution in [0.5, 0.6) is 0 Å². The summed E-state index contributed by atoms with van der Waals surface area (Å²) in [5.41, 5.74) is 0.455. The quantitative estimate of drug-likeness (QED) is 0.866. The van der Waals surface area contributed by atoms with Crippen molar-refractivity contribution < 1.29 is 18.4 Å². The van der Waals surface area contributed by atoms with Gasteiger partial charge in [-0.05, 0) is 23.8 Å². The summed E-state index contributed by atoms with van der Waals surface area (Å²) in [7, 11) is 0. The molecule has 6 heteroatoms. The van der Waals surface area contributed by atoms with Crippen molar-refractivity contribution in [3.8, 4) is 0 Å². The minimum atomic E-state index is -0.976. The third kappa shape index (κ3) is 2.54. The molecule has 1 unspecified atom stereocenters. The predicted octanol–water partition coefficient (Wildman–Crippen LogP) is 3.32. The van der Waals surface area contributed by atoms with Gasteiger partial charge in [-0.1, -0.05) is 30.0 Å². The van der Waals surface area contributed by atoms with E-state index in [-0.39, 0.29) is 10.8 Å². The number of halogens is 2. The second-order valence-electron chi connectivity index (χ2n) is 4.51. The van der Waals surface area contributed by atoms with Crippen LogP contribution < -0.4 is 5.32 Å². The molecule has 0 saturated heterocycles.